The quantitative estimate of drug-likeness (QED) is 0.632. The van der Waals surface area contributed by atoms with Crippen molar-refractivity contribution in [3.05, 3.63) is 69.3 Å². The molecule has 0 fully saturated rings. The Bertz CT molecular complexity index is 659. The van der Waals surface area contributed by atoms with Gasteiger partial charge in [-0.05, 0) is 36.8 Å². The zero-order valence-electron chi connectivity index (χ0n) is 10.6. The smallest absolute Gasteiger partial charge is 0.310 e. The molecule has 0 aliphatic carbocycles. The molecular weight excluding hydrogens is 268 g/mol. The number of nitro benzene ring substituents is 1. The van der Waals surface area contributed by atoms with Crippen LogP contribution in [0.3, 0.4) is 0 Å². The van der Waals surface area contributed by atoms with Gasteiger partial charge in [-0.3, -0.25) is 10.1 Å². The molecule has 0 bridgehead atoms. The van der Waals surface area contributed by atoms with Gasteiger partial charge in [-0.2, -0.15) is 0 Å². The van der Waals surface area contributed by atoms with Crippen LogP contribution in [-0.2, 0) is 6.61 Å². The Balaban J connectivity index is 2.24. The minimum Gasteiger partial charge on any atom is -0.482 e. The van der Waals surface area contributed by atoms with E-state index < -0.39 is 16.6 Å². The molecule has 20 heavy (non-hydrogen) atoms. The maximum absolute atomic E-state index is 13.4. The SMILES string of the molecule is Cc1ccc([N+](=O)[O-])c(OCc2cc(F)ccc2F)c1. The summed E-state index contributed by atoms with van der Waals surface area (Å²) in [5.74, 6) is -1.19. The lowest BCUT2D eigenvalue weighted by atomic mass is 10.2. The molecule has 0 spiro atoms. The highest BCUT2D eigenvalue weighted by atomic mass is 19.1. The van der Waals surface area contributed by atoms with E-state index in [0.717, 1.165) is 23.8 Å². The van der Waals surface area contributed by atoms with E-state index in [2.05, 4.69) is 0 Å². The predicted molar refractivity (Wildman–Crippen MR) is 68.5 cm³/mol. The van der Waals surface area contributed by atoms with Gasteiger partial charge in [0.25, 0.3) is 0 Å². The minimum absolute atomic E-state index is 0.000745. The molecule has 2 aromatic carbocycles. The first-order chi connectivity index (χ1) is 9.47. The average Bonchev–Trinajstić information content (AvgIpc) is 2.39. The van der Waals surface area contributed by atoms with E-state index in [1.165, 1.54) is 12.1 Å². The molecule has 6 heteroatoms. The molecule has 0 saturated carbocycles. The summed E-state index contributed by atoms with van der Waals surface area (Å²) in [6.45, 7) is 1.47. The standard InChI is InChI=1S/C14H11F2NO3/c1-9-2-5-13(17(18)19)14(6-9)20-8-10-7-11(15)3-4-12(10)16/h2-7H,8H2,1H3. The second kappa shape index (κ2) is 5.64. The van der Waals surface area contributed by atoms with E-state index in [1.807, 2.05) is 0 Å². The number of aryl methyl sites for hydroxylation is 1. The molecule has 104 valence electrons. The summed E-state index contributed by atoms with van der Waals surface area (Å²) in [4.78, 5) is 10.3. The fourth-order valence-corrected chi connectivity index (χ4v) is 1.70. The summed E-state index contributed by atoms with van der Waals surface area (Å²) in [7, 11) is 0. The van der Waals surface area contributed by atoms with Crippen molar-refractivity contribution in [3.8, 4) is 5.75 Å². The molecule has 0 amide bonds. The van der Waals surface area contributed by atoms with Crippen LogP contribution in [-0.4, -0.2) is 4.92 Å². The zero-order valence-corrected chi connectivity index (χ0v) is 10.6. The molecule has 0 aliphatic heterocycles. The van der Waals surface area contributed by atoms with Crippen LogP contribution in [0.15, 0.2) is 36.4 Å². The Morgan fingerprint density at radius 2 is 1.95 bits per heavy atom. The van der Waals surface area contributed by atoms with Gasteiger partial charge in [0, 0.05) is 11.6 Å². The van der Waals surface area contributed by atoms with Gasteiger partial charge in [-0.1, -0.05) is 6.07 Å². The van der Waals surface area contributed by atoms with Crippen LogP contribution >= 0.6 is 0 Å². The molecule has 0 radical (unpaired) electrons. The average molecular weight is 279 g/mol. The second-order valence-electron chi connectivity index (χ2n) is 4.25. The highest BCUT2D eigenvalue weighted by molar-refractivity contribution is 5.48. The van der Waals surface area contributed by atoms with Gasteiger partial charge < -0.3 is 4.74 Å². The molecule has 2 aromatic rings. The number of halogens is 2. The lowest BCUT2D eigenvalue weighted by Crippen LogP contribution is -2.02. The van der Waals surface area contributed by atoms with Crippen LogP contribution in [0, 0.1) is 28.7 Å². The molecule has 0 saturated heterocycles. The number of benzene rings is 2. The van der Waals surface area contributed by atoms with E-state index in [-0.39, 0.29) is 23.6 Å². The second-order valence-corrected chi connectivity index (χ2v) is 4.25. The Morgan fingerprint density at radius 1 is 1.20 bits per heavy atom. The van der Waals surface area contributed by atoms with Gasteiger partial charge in [-0.15, -0.1) is 0 Å². The topological polar surface area (TPSA) is 52.4 Å². The van der Waals surface area contributed by atoms with Crippen LogP contribution in [0.25, 0.3) is 0 Å². The van der Waals surface area contributed by atoms with Crippen molar-refractivity contribution in [1.29, 1.82) is 0 Å². The number of hydrogen-bond acceptors (Lipinski definition) is 3. The van der Waals surface area contributed by atoms with E-state index in [0.29, 0.717) is 0 Å². The maximum atomic E-state index is 13.4. The molecule has 0 aromatic heterocycles. The molecule has 0 atom stereocenters. The summed E-state index contributed by atoms with van der Waals surface area (Å²) in [5.41, 5.74) is 0.554. The van der Waals surface area contributed by atoms with E-state index in [1.54, 1.807) is 13.0 Å². The summed E-state index contributed by atoms with van der Waals surface area (Å²) in [6, 6.07) is 7.35. The van der Waals surface area contributed by atoms with Crippen molar-refractivity contribution < 1.29 is 18.4 Å². The third-order valence-electron chi connectivity index (χ3n) is 2.70. The lowest BCUT2D eigenvalue weighted by Gasteiger charge is -2.08. The number of nitro groups is 1. The largest absolute Gasteiger partial charge is 0.482 e. The van der Waals surface area contributed by atoms with Gasteiger partial charge >= 0.3 is 5.69 Å². The van der Waals surface area contributed by atoms with Crippen molar-refractivity contribution in [2.45, 2.75) is 13.5 Å². The molecule has 0 N–H and O–H groups in total. The van der Waals surface area contributed by atoms with Crippen LogP contribution in [0.4, 0.5) is 14.5 Å². The van der Waals surface area contributed by atoms with Crippen molar-refractivity contribution in [2.24, 2.45) is 0 Å². The van der Waals surface area contributed by atoms with Crippen molar-refractivity contribution in [3.63, 3.8) is 0 Å². The first kappa shape index (κ1) is 13.9. The van der Waals surface area contributed by atoms with Gasteiger partial charge in [0.05, 0.1) is 4.92 Å². The molecule has 0 heterocycles. The summed E-state index contributed by atoms with van der Waals surface area (Å²) in [5, 5.41) is 10.9. The summed E-state index contributed by atoms with van der Waals surface area (Å²) in [6.07, 6.45) is 0. The number of rotatable bonds is 4. The third kappa shape index (κ3) is 3.09. The van der Waals surface area contributed by atoms with E-state index >= 15 is 0 Å². The van der Waals surface area contributed by atoms with Gasteiger partial charge in [0.2, 0.25) is 0 Å². The van der Waals surface area contributed by atoms with E-state index in [9.17, 15) is 18.9 Å². The van der Waals surface area contributed by atoms with Crippen molar-refractivity contribution in [2.75, 3.05) is 0 Å². The predicted octanol–water partition coefficient (Wildman–Crippen LogP) is 3.76. The van der Waals surface area contributed by atoms with Crippen LogP contribution < -0.4 is 4.74 Å². The number of nitrogens with zero attached hydrogens (tertiary/aromatic N) is 1. The first-order valence-corrected chi connectivity index (χ1v) is 5.79. The van der Waals surface area contributed by atoms with Gasteiger partial charge in [0.15, 0.2) is 5.75 Å². The van der Waals surface area contributed by atoms with Crippen LogP contribution in [0.2, 0.25) is 0 Å². The molecule has 0 unspecified atom stereocenters. The molecule has 0 aliphatic rings. The molecular formula is C14H11F2NO3. The van der Waals surface area contributed by atoms with Crippen molar-refractivity contribution >= 4 is 5.69 Å². The Kier molecular flexibility index (Phi) is 3.93. The minimum atomic E-state index is -0.623. The molecule has 4 nitrogen and oxygen atoms in total. The Labute approximate surface area is 113 Å². The van der Waals surface area contributed by atoms with Crippen LogP contribution in [0.5, 0.6) is 5.75 Å². The fraction of sp³-hybridized carbons (Fsp3) is 0.143. The van der Waals surface area contributed by atoms with Crippen LogP contribution in [0.1, 0.15) is 11.1 Å². The first-order valence-electron chi connectivity index (χ1n) is 5.79. The van der Waals surface area contributed by atoms with Gasteiger partial charge in [-0.25, -0.2) is 8.78 Å². The van der Waals surface area contributed by atoms with Gasteiger partial charge in [0.1, 0.15) is 18.2 Å². The maximum Gasteiger partial charge on any atom is 0.310 e. The number of hydrogen-bond donors (Lipinski definition) is 0. The van der Waals surface area contributed by atoms with E-state index in [4.69, 9.17) is 4.74 Å². The number of ether oxygens (including phenoxy) is 1. The Hall–Kier alpha value is -2.50. The van der Waals surface area contributed by atoms with Crippen molar-refractivity contribution in [1.82, 2.24) is 0 Å². The monoisotopic (exact) mass is 279 g/mol. The normalized spacial score (nSPS) is 10.3. The Morgan fingerprint density at radius 3 is 2.65 bits per heavy atom. The molecule has 2 rings (SSSR count). The zero-order chi connectivity index (χ0) is 14.7. The summed E-state index contributed by atoms with van der Waals surface area (Å²) >= 11 is 0. The lowest BCUT2D eigenvalue weighted by molar-refractivity contribution is -0.386. The third-order valence-corrected chi connectivity index (χ3v) is 2.70. The summed E-state index contributed by atoms with van der Waals surface area (Å²) < 4.78 is 31.7. The fourth-order valence-electron chi connectivity index (χ4n) is 1.70. The highest BCUT2D eigenvalue weighted by Gasteiger charge is 2.15. The highest BCUT2D eigenvalue weighted by Crippen LogP contribution is 2.28.